The smallest absolute Gasteiger partial charge is 0.263 e. The maximum atomic E-state index is 12.8. The summed E-state index contributed by atoms with van der Waals surface area (Å²) >= 11 is 0. The first-order chi connectivity index (χ1) is 14.0. The Kier molecular flexibility index (Phi) is 6.49. The Morgan fingerprint density at radius 3 is 2.38 bits per heavy atom. The molecule has 0 radical (unpaired) electrons. The van der Waals surface area contributed by atoms with Crippen LogP contribution in [0.25, 0.3) is 11.4 Å². The number of hydrogen-bond donors (Lipinski definition) is 0. The molecular formula is C22H25N3O4. The minimum atomic E-state index is -0.577. The van der Waals surface area contributed by atoms with Gasteiger partial charge < -0.3 is 18.9 Å². The van der Waals surface area contributed by atoms with Crippen LogP contribution >= 0.6 is 0 Å². The highest BCUT2D eigenvalue weighted by Crippen LogP contribution is 2.20. The van der Waals surface area contributed by atoms with Crippen LogP contribution in [-0.2, 0) is 11.3 Å². The molecule has 0 N–H and O–H groups in total. The van der Waals surface area contributed by atoms with Crippen molar-refractivity contribution in [1.82, 2.24) is 15.0 Å². The first kappa shape index (κ1) is 20.4. The molecule has 29 heavy (non-hydrogen) atoms. The number of ether oxygens (including phenoxy) is 2. The second-order valence-corrected chi connectivity index (χ2v) is 6.76. The summed E-state index contributed by atoms with van der Waals surface area (Å²) in [4.78, 5) is 18.7. The van der Waals surface area contributed by atoms with E-state index in [2.05, 4.69) is 10.1 Å². The molecule has 0 fully saturated rings. The van der Waals surface area contributed by atoms with E-state index in [4.69, 9.17) is 14.0 Å². The molecule has 3 aromatic rings. The van der Waals surface area contributed by atoms with Gasteiger partial charge in [-0.15, -0.1) is 0 Å². The second kappa shape index (κ2) is 9.23. The molecule has 1 heterocycles. The van der Waals surface area contributed by atoms with Gasteiger partial charge >= 0.3 is 0 Å². The average molecular weight is 395 g/mol. The number of rotatable bonds is 8. The Labute approximate surface area is 170 Å². The molecule has 0 bridgehead atoms. The van der Waals surface area contributed by atoms with Crippen LogP contribution in [0.3, 0.4) is 0 Å². The van der Waals surface area contributed by atoms with Gasteiger partial charge in [-0.05, 0) is 49.7 Å². The largest absolute Gasteiger partial charge is 0.497 e. The van der Waals surface area contributed by atoms with E-state index in [1.165, 1.54) is 4.90 Å². The van der Waals surface area contributed by atoms with Gasteiger partial charge in [0.2, 0.25) is 11.7 Å². The van der Waals surface area contributed by atoms with Crippen LogP contribution in [0.1, 0.15) is 24.8 Å². The van der Waals surface area contributed by atoms with Crippen molar-refractivity contribution >= 4 is 5.91 Å². The highest BCUT2D eigenvalue weighted by molar-refractivity contribution is 5.80. The van der Waals surface area contributed by atoms with Gasteiger partial charge in [0.15, 0.2) is 6.10 Å². The molecule has 3 rings (SSSR count). The lowest BCUT2D eigenvalue weighted by molar-refractivity contribution is -0.138. The molecule has 152 valence electrons. The standard InChI is InChI=1S/C22H25N3O4/c1-5-19(28-18-10-6-15(2)7-11-18)22(26)25(3)14-20-23-21(24-29-20)16-8-12-17(27-4)13-9-16/h6-13,19H,5,14H2,1-4H3/t19-/m0/s1. The molecule has 1 atom stereocenters. The van der Waals surface area contributed by atoms with Gasteiger partial charge in [0.25, 0.3) is 5.91 Å². The number of likely N-dealkylation sites (N-methyl/N-ethyl adjacent to an activating group) is 1. The number of benzene rings is 2. The summed E-state index contributed by atoms with van der Waals surface area (Å²) in [6.07, 6.45) is -0.0236. The highest BCUT2D eigenvalue weighted by Gasteiger charge is 2.24. The van der Waals surface area contributed by atoms with Crippen molar-refractivity contribution in [2.45, 2.75) is 32.9 Å². The van der Waals surface area contributed by atoms with Gasteiger partial charge in [0.1, 0.15) is 11.5 Å². The zero-order chi connectivity index (χ0) is 20.8. The molecule has 0 aliphatic rings. The van der Waals surface area contributed by atoms with Crippen molar-refractivity contribution < 1.29 is 18.8 Å². The third kappa shape index (κ3) is 5.13. The molecule has 7 nitrogen and oxygen atoms in total. The Bertz CT molecular complexity index is 935. The van der Waals surface area contributed by atoms with E-state index >= 15 is 0 Å². The molecule has 2 aromatic carbocycles. The number of methoxy groups -OCH3 is 1. The third-order valence-electron chi connectivity index (χ3n) is 4.51. The maximum Gasteiger partial charge on any atom is 0.263 e. The predicted molar refractivity (Wildman–Crippen MR) is 109 cm³/mol. The van der Waals surface area contributed by atoms with Crippen LogP contribution in [0.15, 0.2) is 53.1 Å². The van der Waals surface area contributed by atoms with Gasteiger partial charge in [-0.1, -0.05) is 29.8 Å². The van der Waals surface area contributed by atoms with E-state index in [1.807, 2.05) is 62.4 Å². The fourth-order valence-electron chi connectivity index (χ4n) is 2.79. The van der Waals surface area contributed by atoms with Gasteiger partial charge in [-0.3, -0.25) is 4.79 Å². The molecule has 1 amide bonds. The van der Waals surface area contributed by atoms with E-state index < -0.39 is 6.10 Å². The number of nitrogens with zero attached hydrogens (tertiary/aromatic N) is 3. The zero-order valence-corrected chi connectivity index (χ0v) is 17.1. The summed E-state index contributed by atoms with van der Waals surface area (Å²) in [5.74, 6) is 2.10. The lowest BCUT2D eigenvalue weighted by atomic mass is 10.2. The summed E-state index contributed by atoms with van der Waals surface area (Å²) in [5.41, 5.74) is 1.95. The van der Waals surface area contributed by atoms with Crippen molar-refractivity contribution in [1.29, 1.82) is 0 Å². The second-order valence-electron chi connectivity index (χ2n) is 6.76. The minimum absolute atomic E-state index is 0.141. The zero-order valence-electron chi connectivity index (χ0n) is 17.1. The Morgan fingerprint density at radius 1 is 1.10 bits per heavy atom. The molecular weight excluding hydrogens is 370 g/mol. The summed E-state index contributed by atoms with van der Waals surface area (Å²) < 4.78 is 16.3. The van der Waals surface area contributed by atoms with Gasteiger partial charge in [-0.25, -0.2) is 0 Å². The monoisotopic (exact) mass is 395 g/mol. The fraction of sp³-hybridized carbons (Fsp3) is 0.318. The van der Waals surface area contributed by atoms with Crippen molar-refractivity contribution in [2.75, 3.05) is 14.2 Å². The Hall–Kier alpha value is -3.35. The molecule has 1 aromatic heterocycles. The quantitative estimate of drug-likeness (QED) is 0.576. The van der Waals surface area contributed by atoms with E-state index in [1.54, 1.807) is 14.2 Å². The summed E-state index contributed by atoms with van der Waals surface area (Å²) in [6.45, 7) is 4.12. The SMILES string of the molecule is CC[C@H](Oc1ccc(C)cc1)C(=O)N(C)Cc1nc(-c2ccc(OC)cc2)no1. The lowest BCUT2D eigenvalue weighted by Gasteiger charge is -2.22. The summed E-state index contributed by atoms with van der Waals surface area (Å²) in [6, 6.07) is 15.0. The Balaban J connectivity index is 1.63. The number of aryl methyl sites for hydroxylation is 1. The minimum Gasteiger partial charge on any atom is -0.497 e. The normalized spacial score (nSPS) is 11.7. The number of aromatic nitrogens is 2. The molecule has 0 aliphatic heterocycles. The predicted octanol–water partition coefficient (Wildman–Crippen LogP) is 3.87. The first-order valence-electron chi connectivity index (χ1n) is 9.45. The number of hydrogen-bond acceptors (Lipinski definition) is 6. The molecule has 0 spiro atoms. The van der Waals surface area contributed by atoms with Gasteiger partial charge in [-0.2, -0.15) is 4.98 Å². The average Bonchev–Trinajstić information content (AvgIpc) is 3.21. The summed E-state index contributed by atoms with van der Waals surface area (Å²) in [5, 5.41) is 4.00. The molecule has 0 unspecified atom stereocenters. The van der Waals surface area contributed by atoms with Crippen molar-refractivity contribution in [2.24, 2.45) is 0 Å². The van der Waals surface area contributed by atoms with Crippen LogP contribution in [0.2, 0.25) is 0 Å². The lowest BCUT2D eigenvalue weighted by Crippen LogP contribution is -2.39. The maximum absolute atomic E-state index is 12.8. The van der Waals surface area contributed by atoms with Crippen LogP contribution in [-0.4, -0.2) is 41.2 Å². The van der Waals surface area contributed by atoms with Gasteiger partial charge in [0.05, 0.1) is 13.7 Å². The Morgan fingerprint density at radius 2 is 1.76 bits per heavy atom. The number of amides is 1. The molecule has 0 saturated carbocycles. The highest BCUT2D eigenvalue weighted by atomic mass is 16.5. The van der Waals surface area contributed by atoms with Crippen LogP contribution in [0, 0.1) is 6.92 Å². The fourth-order valence-corrected chi connectivity index (χ4v) is 2.79. The summed E-state index contributed by atoms with van der Waals surface area (Å²) in [7, 11) is 3.31. The van der Waals surface area contributed by atoms with Crippen molar-refractivity contribution in [3.63, 3.8) is 0 Å². The molecule has 7 heteroatoms. The van der Waals surface area contributed by atoms with Crippen LogP contribution < -0.4 is 9.47 Å². The van der Waals surface area contributed by atoms with Crippen molar-refractivity contribution in [3.05, 3.63) is 60.0 Å². The van der Waals surface area contributed by atoms with E-state index in [0.29, 0.717) is 23.9 Å². The number of carbonyl (C=O) groups is 1. The van der Waals surface area contributed by atoms with E-state index in [-0.39, 0.29) is 12.5 Å². The topological polar surface area (TPSA) is 77.7 Å². The van der Waals surface area contributed by atoms with E-state index in [0.717, 1.165) is 16.9 Å². The molecule has 0 saturated heterocycles. The van der Waals surface area contributed by atoms with Crippen LogP contribution in [0.5, 0.6) is 11.5 Å². The first-order valence-corrected chi connectivity index (χ1v) is 9.45. The van der Waals surface area contributed by atoms with Gasteiger partial charge in [0, 0.05) is 12.6 Å². The third-order valence-corrected chi connectivity index (χ3v) is 4.51. The molecule has 0 aliphatic carbocycles. The van der Waals surface area contributed by atoms with E-state index in [9.17, 15) is 4.79 Å². The van der Waals surface area contributed by atoms with Crippen molar-refractivity contribution in [3.8, 4) is 22.9 Å². The number of carbonyl (C=O) groups excluding carboxylic acids is 1. The van der Waals surface area contributed by atoms with Crippen LogP contribution in [0.4, 0.5) is 0 Å².